The first-order valence-corrected chi connectivity index (χ1v) is 10.3. The Kier molecular flexibility index (Phi) is 8.87. The molecule has 0 unspecified atom stereocenters. The van der Waals surface area contributed by atoms with Crippen LogP contribution in [0.1, 0.15) is 48.4 Å². The molecule has 0 spiro atoms. The van der Waals surface area contributed by atoms with Crippen LogP contribution in [-0.4, -0.2) is 46.8 Å². The Bertz CT molecular complexity index is 417. The molecule has 1 aromatic carbocycles. The normalized spacial score (nSPS) is 11.2. The average molecular weight is 314 g/mol. The van der Waals surface area contributed by atoms with Crippen LogP contribution in [0.25, 0.3) is 0 Å². The number of carbonyl (C=O) groups is 2. The average Bonchev–Trinajstić information content (AvgIpc) is 2.50. The fourth-order valence-electron chi connectivity index (χ4n) is 2.36. The molecule has 0 saturated carbocycles. The second-order valence-electron chi connectivity index (χ2n) is 5.07. The molecule has 120 valence electrons. The molecule has 0 bridgehead atoms. The second kappa shape index (κ2) is 9.51. The van der Waals surface area contributed by atoms with Crippen molar-refractivity contribution in [2.45, 2.75) is 27.7 Å². The van der Waals surface area contributed by atoms with Gasteiger partial charge in [0.15, 0.2) is 0 Å². The fourth-order valence-corrected chi connectivity index (χ4v) is 5.36. The summed E-state index contributed by atoms with van der Waals surface area (Å²) in [6.45, 7) is 9.46. The van der Waals surface area contributed by atoms with Gasteiger partial charge in [-0.2, -0.15) is 0 Å². The van der Waals surface area contributed by atoms with E-state index in [9.17, 15) is 9.59 Å². The van der Waals surface area contributed by atoms with Crippen molar-refractivity contribution in [1.82, 2.24) is 0 Å². The van der Waals surface area contributed by atoms with E-state index in [0.29, 0.717) is 0 Å². The molecular formula is C16H27O4P. The molecule has 0 aliphatic heterocycles. The Morgan fingerprint density at radius 1 is 0.810 bits per heavy atom. The van der Waals surface area contributed by atoms with Gasteiger partial charge in [0.2, 0.25) is 0 Å². The Morgan fingerprint density at radius 3 is 1.24 bits per heavy atom. The van der Waals surface area contributed by atoms with Crippen molar-refractivity contribution in [1.29, 1.82) is 0 Å². The van der Waals surface area contributed by atoms with Crippen LogP contribution in [0.2, 0.25) is 0 Å². The summed E-state index contributed by atoms with van der Waals surface area (Å²) >= 11 is 0. The van der Waals surface area contributed by atoms with Gasteiger partial charge < -0.3 is 10.2 Å². The first-order chi connectivity index (χ1) is 9.87. The minimum atomic E-state index is -1.23. The zero-order valence-corrected chi connectivity index (χ0v) is 14.3. The molecule has 0 amide bonds. The molecule has 0 aromatic heterocycles. The maximum Gasteiger partial charge on any atom is 0.336 e. The summed E-state index contributed by atoms with van der Waals surface area (Å²) in [6.07, 6.45) is 5.93. The van der Waals surface area contributed by atoms with Crippen LogP contribution in [0.15, 0.2) is 24.3 Å². The van der Waals surface area contributed by atoms with Crippen LogP contribution >= 0.6 is 7.26 Å². The van der Waals surface area contributed by atoms with E-state index in [2.05, 4.69) is 27.7 Å². The van der Waals surface area contributed by atoms with E-state index in [-0.39, 0.29) is 11.1 Å². The molecule has 0 heterocycles. The molecule has 0 fully saturated rings. The quantitative estimate of drug-likeness (QED) is 0.781. The van der Waals surface area contributed by atoms with Crippen molar-refractivity contribution in [2.24, 2.45) is 0 Å². The number of carboxylic acid groups (broad SMARTS) is 2. The van der Waals surface area contributed by atoms with Gasteiger partial charge in [-0.05, 0) is 12.1 Å². The largest absolute Gasteiger partial charge is 0.478 e. The summed E-state index contributed by atoms with van der Waals surface area (Å²) in [4.78, 5) is 20.9. The van der Waals surface area contributed by atoms with Crippen molar-refractivity contribution in [3.8, 4) is 0 Å². The summed E-state index contributed by atoms with van der Waals surface area (Å²) in [5.74, 6) is -2.46. The zero-order chi connectivity index (χ0) is 16.5. The topological polar surface area (TPSA) is 74.6 Å². The SMILES string of the molecule is CC[PH](CC)(CC)CC.O=C(O)c1ccccc1C(=O)O. The Morgan fingerprint density at radius 2 is 1.10 bits per heavy atom. The number of aromatic carboxylic acids is 2. The van der Waals surface area contributed by atoms with Crippen molar-refractivity contribution >= 4 is 19.2 Å². The first kappa shape index (κ1) is 19.6. The number of rotatable bonds is 6. The third-order valence-corrected chi connectivity index (χ3v) is 10.4. The van der Waals surface area contributed by atoms with Gasteiger partial charge >= 0.3 is 71.5 Å². The van der Waals surface area contributed by atoms with Crippen molar-refractivity contribution in [2.75, 3.05) is 24.6 Å². The summed E-state index contributed by atoms with van der Waals surface area (Å²) in [6, 6.07) is 5.48. The molecule has 1 aromatic rings. The molecule has 0 radical (unpaired) electrons. The molecule has 0 aliphatic carbocycles. The van der Waals surface area contributed by atoms with E-state index >= 15 is 0 Å². The summed E-state index contributed by atoms with van der Waals surface area (Å²) in [5.41, 5.74) is -0.380. The second-order valence-corrected chi connectivity index (χ2v) is 10.9. The minimum Gasteiger partial charge on any atom is -0.478 e. The third-order valence-electron chi connectivity index (χ3n) is 4.39. The molecule has 21 heavy (non-hydrogen) atoms. The van der Waals surface area contributed by atoms with Gasteiger partial charge in [-0.15, -0.1) is 0 Å². The standard InChI is InChI=1S/C8H6O4.C8H21P/c9-7(10)5-3-1-2-4-6(5)8(11)12;1-5-9(6-2,7-3)8-4/h1-4H,(H,9,10)(H,11,12);9H,5-8H2,1-4H3. The number of carboxylic acids is 2. The van der Waals surface area contributed by atoms with E-state index in [0.717, 1.165) is 0 Å². The van der Waals surface area contributed by atoms with Gasteiger partial charge in [-0.25, -0.2) is 9.59 Å². The smallest absolute Gasteiger partial charge is 0.336 e. The van der Waals surface area contributed by atoms with E-state index in [1.165, 1.54) is 48.9 Å². The van der Waals surface area contributed by atoms with Crippen LogP contribution in [0, 0.1) is 0 Å². The first-order valence-electron chi connectivity index (χ1n) is 7.43. The fraction of sp³-hybridized carbons (Fsp3) is 0.500. The van der Waals surface area contributed by atoms with E-state index < -0.39 is 19.2 Å². The monoisotopic (exact) mass is 314 g/mol. The van der Waals surface area contributed by atoms with Gasteiger partial charge in [-0.3, -0.25) is 0 Å². The van der Waals surface area contributed by atoms with Crippen LogP contribution in [0.3, 0.4) is 0 Å². The minimum absolute atomic E-state index is 0.190. The third kappa shape index (κ3) is 5.84. The van der Waals surface area contributed by atoms with Crippen molar-refractivity contribution < 1.29 is 19.8 Å². The molecule has 1 rings (SSSR count). The Balaban J connectivity index is 0.000000400. The summed E-state index contributed by atoms with van der Waals surface area (Å²) in [5, 5.41) is 17.1. The van der Waals surface area contributed by atoms with Crippen LogP contribution < -0.4 is 0 Å². The predicted octanol–water partition coefficient (Wildman–Crippen LogP) is 3.90. The van der Waals surface area contributed by atoms with Gasteiger partial charge in [0.05, 0.1) is 11.1 Å². The van der Waals surface area contributed by atoms with Crippen molar-refractivity contribution in [3.63, 3.8) is 0 Å². The van der Waals surface area contributed by atoms with Gasteiger partial charge in [0.25, 0.3) is 0 Å². The van der Waals surface area contributed by atoms with E-state index in [1.54, 1.807) is 0 Å². The van der Waals surface area contributed by atoms with Gasteiger partial charge in [-0.1, -0.05) is 12.1 Å². The molecular weight excluding hydrogens is 287 g/mol. The van der Waals surface area contributed by atoms with Gasteiger partial charge in [0.1, 0.15) is 0 Å². The molecule has 0 atom stereocenters. The molecule has 0 saturated heterocycles. The Hall–Kier alpha value is -1.41. The van der Waals surface area contributed by atoms with Gasteiger partial charge in [0, 0.05) is 0 Å². The maximum absolute atomic E-state index is 10.5. The van der Waals surface area contributed by atoms with E-state index in [4.69, 9.17) is 10.2 Å². The number of hydrogen-bond donors (Lipinski definition) is 2. The Labute approximate surface area is 127 Å². The number of benzene rings is 1. The maximum atomic E-state index is 10.5. The molecule has 0 aliphatic rings. The predicted molar refractivity (Wildman–Crippen MR) is 90.8 cm³/mol. The summed E-state index contributed by atoms with van der Waals surface area (Å²) in [7, 11) is -0.691. The molecule has 4 nitrogen and oxygen atoms in total. The zero-order valence-electron chi connectivity index (χ0n) is 13.3. The van der Waals surface area contributed by atoms with Crippen LogP contribution in [-0.2, 0) is 0 Å². The number of hydrogen-bond acceptors (Lipinski definition) is 2. The summed E-state index contributed by atoms with van der Waals surface area (Å²) < 4.78 is 0. The van der Waals surface area contributed by atoms with Crippen LogP contribution in [0.4, 0.5) is 0 Å². The molecule has 5 heteroatoms. The van der Waals surface area contributed by atoms with E-state index in [1.807, 2.05) is 0 Å². The molecule has 2 N–H and O–H groups in total. The van der Waals surface area contributed by atoms with Crippen LogP contribution in [0.5, 0.6) is 0 Å². The van der Waals surface area contributed by atoms with Crippen molar-refractivity contribution in [3.05, 3.63) is 35.4 Å².